The number of methoxy groups -OCH3 is 1. The Morgan fingerprint density at radius 2 is 2.00 bits per heavy atom. The quantitative estimate of drug-likeness (QED) is 0.779. The molecular weight excluding hydrogens is 310 g/mol. The predicted octanol–water partition coefficient (Wildman–Crippen LogP) is 3.93. The van der Waals surface area contributed by atoms with Crippen molar-refractivity contribution < 1.29 is 13.9 Å². The first kappa shape index (κ1) is 16.0. The number of benzene rings is 1. The number of likely N-dealkylation sites (tertiary alicyclic amines) is 1. The van der Waals surface area contributed by atoms with E-state index in [1.165, 1.54) is 4.90 Å². The van der Waals surface area contributed by atoms with Crippen molar-refractivity contribution in [2.24, 2.45) is 5.92 Å². The van der Waals surface area contributed by atoms with Crippen LogP contribution in [0.5, 0.6) is 5.75 Å². The molecule has 5 heteroatoms. The first-order chi connectivity index (χ1) is 11.3. The van der Waals surface area contributed by atoms with Gasteiger partial charge >= 0.3 is 0 Å². The summed E-state index contributed by atoms with van der Waals surface area (Å²) in [4.78, 5) is 15.4. The van der Waals surface area contributed by atoms with Crippen LogP contribution in [-0.2, 0) is 0 Å². The standard InChI is InChI=1S/C18H21NO3S/c1-21-15-4-6-16(7-5-15)23-13-14-8-10-19(11-9-14)18(20)17-3-2-12-22-17/h2-7,12,14H,8-11,13H2,1H3. The number of thioether (sulfide) groups is 1. The van der Waals surface area contributed by atoms with Crippen LogP contribution in [-0.4, -0.2) is 36.8 Å². The molecular formula is C18H21NO3S. The van der Waals surface area contributed by atoms with E-state index >= 15 is 0 Å². The van der Waals surface area contributed by atoms with Gasteiger partial charge in [0.25, 0.3) is 5.91 Å². The second-order valence-corrected chi connectivity index (χ2v) is 6.79. The molecule has 1 saturated heterocycles. The molecule has 23 heavy (non-hydrogen) atoms. The third-order valence-corrected chi connectivity index (χ3v) is 5.42. The summed E-state index contributed by atoms with van der Waals surface area (Å²) in [6.07, 6.45) is 3.65. The fraction of sp³-hybridized carbons (Fsp3) is 0.389. The molecule has 2 aromatic rings. The Balaban J connectivity index is 1.44. The topological polar surface area (TPSA) is 42.7 Å². The molecule has 0 unspecified atom stereocenters. The van der Waals surface area contributed by atoms with Gasteiger partial charge in [-0.05, 0) is 55.2 Å². The van der Waals surface area contributed by atoms with E-state index in [1.807, 2.05) is 28.8 Å². The van der Waals surface area contributed by atoms with Crippen molar-refractivity contribution in [1.82, 2.24) is 4.90 Å². The third-order valence-electron chi connectivity index (χ3n) is 4.18. The molecule has 3 rings (SSSR count). The normalized spacial score (nSPS) is 15.6. The van der Waals surface area contributed by atoms with Crippen molar-refractivity contribution in [3.05, 3.63) is 48.4 Å². The van der Waals surface area contributed by atoms with E-state index in [9.17, 15) is 4.79 Å². The SMILES string of the molecule is COc1ccc(SCC2CCN(C(=O)c3ccco3)CC2)cc1. The number of piperidine rings is 1. The molecule has 122 valence electrons. The number of amides is 1. The summed E-state index contributed by atoms with van der Waals surface area (Å²) in [7, 11) is 1.68. The highest BCUT2D eigenvalue weighted by molar-refractivity contribution is 7.99. The Bertz CT molecular complexity index is 616. The van der Waals surface area contributed by atoms with Crippen LogP contribution < -0.4 is 4.74 Å². The van der Waals surface area contributed by atoms with E-state index in [2.05, 4.69) is 12.1 Å². The van der Waals surface area contributed by atoms with Crippen molar-refractivity contribution in [2.75, 3.05) is 26.0 Å². The highest BCUT2D eigenvalue weighted by atomic mass is 32.2. The largest absolute Gasteiger partial charge is 0.497 e. The van der Waals surface area contributed by atoms with Gasteiger partial charge < -0.3 is 14.1 Å². The minimum atomic E-state index is 0.0104. The maximum absolute atomic E-state index is 12.2. The fourth-order valence-corrected chi connectivity index (χ4v) is 3.83. The van der Waals surface area contributed by atoms with Gasteiger partial charge in [0.1, 0.15) is 5.75 Å². The second kappa shape index (κ2) is 7.59. The van der Waals surface area contributed by atoms with Crippen LogP contribution in [0.2, 0.25) is 0 Å². The first-order valence-corrected chi connectivity index (χ1v) is 8.84. The van der Waals surface area contributed by atoms with E-state index in [4.69, 9.17) is 9.15 Å². The maximum Gasteiger partial charge on any atom is 0.289 e. The molecule has 0 aliphatic carbocycles. The summed E-state index contributed by atoms with van der Waals surface area (Å²) in [5.41, 5.74) is 0. The van der Waals surface area contributed by atoms with Gasteiger partial charge in [-0.1, -0.05) is 0 Å². The van der Waals surface area contributed by atoms with Gasteiger partial charge in [0.05, 0.1) is 13.4 Å². The monoisotopic (exact) mass is 331 g/mol. The van der Waals surface area contributed by atoms with Crippen LogP contribution in [0.4, 0.5) is 0 Å². The summed E-state index contributed by atoms with van der Waals surface area (Å²) < 4.78 is 10.4. The number of carbonyl (C=O) groups excluding carboxylic acids is 1. The molecule has 0 saturated carbocycles. The van der Waals surface area contributed by atoms with E-state index in [1.54, 1.807) is 25.5 Å². The van der Waals surface area contributed by atoms with Crippen LogP contribution in [0.3, 0.4) is 0 Å². The Kier molecular flexibility index (Phi) is 5.28. The van der Waals surface area contributed by atoms with Crippen LogP contribution in [0.15, 0.2) is 52.0 Å². The summed E-state index contributed by atoms with van der Waals surface area (Å²) in [6, 6.07) is 11.7. The molecule has 1 aromatic heterocycles. The van der Waals surface area contributed by atoms with E-state index < -0.39 is 0 Å². The molecule has 0 radical (unpaired) electrons. The molecule has 1 amide bonds. The predicted molar refractivity (Wildman–Crippen MR) is 91.1 cm³/mol. The average Bonchev–Trinajstić information content (AvgIpc) is 3.15. The highest BCUT2D eigenvalue weighted by Gasteiger charge is 2.24. The molecule has 0 bridgehead atoms. The number of rotatable bonds is 5. The van der Waals surface area contributed by atoms with Crippen molar-refractivity contribution in [1.29, 1.82) is 0 Å². The molecule has 0 spiro atoms. The third kappa shape index (κ3) is 4.10. The van der Waals surface area contributed by atoms with Crippen molar-refractivity contribution in [2.45, 2.75) is 17.7 Å². The minimum absolute atomic E-state index is 0.0104. The second-order valence-electron chi connectivity index (χ2n) is 5.70. The molecule has 0 N–H and O–H groups in total. The van der Waals surface area contributed by atoms with Gasteiger partial charge in [-0.3, -0.25) is 4.79 Å². The Morgan fingerprint density at radius 1 is 1.26 bits per heavy atom. The van der Waals surface area contributed by atoms with E-state index in [0.29, 0.717) is 11.7 Å². The maximum atomic E-state index is 12.2. The minimum Gasteiger partial charge on any atom is -0.497 e. The molecule has 1 aliphatic rings. The van der Waals surface area contributed by atoms with Gasteiger partial charge in [0, 0.05) is 23.7 Å². The number of ether oxygens (including phenoxy) is 1. The Labute approximate surface area is 140 Å². The smallest absolute Gasteiger partial charge is 0.289 e. The van der Waals surface area contributed by atoms with Gasteiger partial charge in [0.2, 0.25) is 0 Å². The van der Waals surface area contributed by atoms with Crippen LogP contribution in [0, 0.1) is 5.92 Å². The van der Waals surface area contributed by atoms with Gasteiger partial charge in [-0.15, -0.1) is 11.8 Å². The summed E-state index contributed by atoms with van der Waals surface area (Å²) in [6.45, 7) is 1.63. The zero-order valence-corrected chi connectivity index (χ0v) is 14.1. The number of hydrogen-bond donors (Lipinski definition) is 0. The zero-order valence-electron chi connectivity index (χ0n) is 13.2. The number of hydrogen-bond acceptors (Lipinski definition) is 4. The van der Waals surface area contributed by atoms with Gasteiger partial charge in [-0.25, -0.2) is 0 Å². The van der Waals surface area contributed by atoms with E-state index in [-0.39, 0.29) is 5.91 Å². The summed E-state index contributed by atoms with van der Waals surface area (Å²) in [5.74, 6) is 3.09. The van der Waals surface area contributed by atoms with Crippen molar-refractivity contribution in [3.63, 3.8) is 0 Å². The zero-order chi connectivity index (χ0) is 16.1. The lowest BCUT2D eigenvalue weighted by Gasteiger charge is -2.31. The van der Waals surface area contributed by atoms with Crippen LogP contribution >= 0.6 is 11.8 Å². The number of furan rings is 1. The van der Waals surface area contributed by atoms with Crippen LogP contribution in [0.25, 0.3) is 0 Å². The Morgan fingerprint density at radius 3 is 2.61 bits per heavy atom. The lowest BCUT2D eigenvalue weighted by molar-refractivity contribution is 0.0666. The molecule has 4 nitrogen and oxygen atoms in total. The van der Waals surface area contributed by atoms with Crippen LogP contribution in [0.1, 0.15) is 23.4 Å². The number of carbonyl (C=O) groups is 1. The lowest BCUT2D eigenvalue weighted by Crippen LogP contribution is -2.38. The summed E-state index contributed by atoms with van der Waals surface area (Å²) >= 11 is 1.88. The molecule has 1 aliphatic heterocycles. The van der Waals surface area contributed by atoms with Gasteiger partial charge in [0.15, 0.2) is 5.76 Å². The fourth-order valence-electron chi connectivity index (χ4n) is 2.74. The molecule has 0 atom stereocenters. The molecule has 2 heterocycles. The Hall–Kier alpha value is -1.88. The molecule has 1 aromatic carbocycles. The van der Waals surface area contributed by atoms with Crippen molar-refractivity contribution >= 4 is 17.7 Å². The highest BCUT2D eigenvalue weighted by Crippen LogP contribution is 2.28. The lowest BCUT2D eigenvalue weighted by atomic mass is 9.99. The van der Waals surface area contributed by atoms with E-state index in [0.717, 1.165) is 37.4 Å². The molecule has 1 fully saturated rings. The van der Waals surface area contributed by atoms with Gasteiger partial charge in [-0.2, -0.15) is 0 Å². The first-order valence-electron chi connectivity index (χ1n) is 7.86. The van der Waals surface area contributed by atoms with Crippen molar-refractivity contribution in [3.8, 4) is 5.75 Å². The average molecular weight is 331 g/mol. The summed E-state index contributed by atoms with van der Waals surface area (Å²) in [5, 5.41) is 0. The number of nitrogens with zero attached hydrogens (tertiary/aromatic N) is 1.